The minimum atomic E-state index is -0.486. The summed E-state index contributed by atoms with van der Waals surface area (Å²) >= 11 is 5.92. The molecule has 1 atom stereocenters. The van der Waals surface area contributed by atoms with E-state index in [1.165, 1.54) is 18.2 Å². The first-order valence-corrected chi connectivity index (χ1v) is 6.23. The van der Waals surface area contributed by atoms with Crippen LogP contribution in [-0.4, -0.2) is 24.2 Å². The van der Waals surface area contributed by atoms with E-state index in [1.54, 1.807) is 0 Å². The predicted octanol–water partition coefficient (Wildman–Crippen LogP) is 3.20. The van der Waals surface area contributed by atoms with E-state index in [-0.39, 0.29) is 16.8 Å². The van der Waals surface area contributed by atoms with Gasteiger partial charge in [0.05, 0.1) is 16.0 Å². The maximum atomic E-state index is 10.6. The summed E-state index contributed by atoms with van der Waals surface area (Å²) in [5.41, 5.74) is -0.0405. The molecular formula is C12H14ClNO4. The van der Waals surface area contributed by atoms with Gasteiger partial charge in [-0.15, -0.1) is 0 Å². The second-order valence-corrected chi connectivity index (χ2v) is 4.58. The Balaban J connectivity index is 1.94. The van der Waals surface area contributed by atoms with Gasteiger partial charge in [-0.25, -0.2) is 0 Å². The van der Waals surface area contributed by atoms with Gasteiger partial charge in [-0.2, -0.15) is 0 Å². The minimum absolute atomic E-state index is 0.0405. The van der Waals surface area contributed by atoms with Crippen molar-refractivity contribution in [3.8, 4) is 5.75 Å². The molecule has 1 saturated heterocycles. The smallest absolute Gasteiger partial charge is 0.271 e. The monoisotopic (exact) mass is 271 g/mol. The van der Waals surface area contributed by atoms with Crippen LogP contribution in [-0.2, 0) is 4.74 Å². The Hall–Kier alpha value is -1.33. The van der Waals surface area contributed by atoms with E-state index in [9.17, 15) is 10.1 Å². The molecule has 1 aromatic carbocycles. The Morgan fingerprint density at radius 3 is 2.94 bits per heavy atom. The zero-order valence-corrected chi connectivity index (χ0v) is 10.6. The summed E-state index contributed by atoms with van der Waals surface area (Å²) in [6.07, 6.45) is 3.30. The molecule has 0 bridgehead atoms. The molecule has 1 aliphatic heterocycles. The molecule has 2 rings (SSSR count). The lowest BCUT2D eigenvalue weighted by Gasteiger charge is -2.22. The molecular weight excluding hydrogens is 258 g/mol. The average molecular weight is 272 g/mol. The second-order valence-electron chi connectivity index (χ2n) is 4.17. The number of nitro groups is 1. The first-order chi connectivity index (χ1) is 8.66. The molecule has 0 aromatic heterocycles. The molecule has 1 aromatic rings. The number of nitro benzene ring substituents is 1. The van der Waals surface area contributed by atoms with Crippen LogP contribution in [0.2, 0.25) is 5.02 Å². The fourth-order valence-corrected chi connectivity index (χ4v) is 2.07. The summed E-state index contributed by atoms with van der Waals surface area (Å²) in [5, 5.41) is 10.8. The maximum Gasteiger partial charge on any atom is 0.271 e. The van der Waals surface area contributed by atoms with E-state index >= 15 is 0 Å². The van der Waals surface area contributed by atoms with E-state index in [0.29, 0.717) is 12.4 Å². The number of hydrogen-bond donors (Lipinski definition) is 0. The Morgan fingerprint density at radius 1 is 1.50 bits per heavy atom. The Bertz CT molecular complexity index is 432. The summed E-state index contributed by atoms with van der Waals surface area (Å²) in [6, 6.07) is 4.19. The number of ether oxygens (including phenoxy) is 2. The summed E-state index contributed by atoms with van der Waals surface area (Å²) in [5.74, 6) is 0.455. The Morgan fingerprint density at radius 2 is 2.33 bits per heavy atom. The van der Waals surface area contributed by atoms with Crippen molar-refractivity contribution >= 4 is 17.3 Å². The predicted molar refractivity (Wildman–Crippen MR) is 67.2 cm³/mol. The highest BCUT2D eigenvalue weighted by Crippen LogP contribution is 2.29. The molecule has 0 N–H and O–H groups in total. The molecule has 1 fully saturated rings. The van der Waals surface area contributed by atoms with Crippen LogP contribution in [0, 0.1) is 10.1 Å². The van der Waals surface area contributed by atoms with Crippen molar-refractivity contribution in [2.45, 2.75) is 25.4 Å². The van der Waals surface area contributed by atoms with E-state index < -0.39 is 4.92 Å². The highest BCUT2D eigenvalue weighted by atomic mass is 35.5. The van der Waals surface area contributed by atoms with Crippen molar-refractivity contribution < 1.29 is 14.4 Å². The normalized spacial score (nSPS) is 19.5. The largest absolute Gasteiger partial charge is 0.489 e. The topological polar surface area (TPSA) is 61.6 Å². The third-order valence-corrected chi connectivity index (χ3v) is 3.12. The number of halogens is 1. The number of nitrogens with zero attached hydrogens (tertiary/aromatic N) is 1. The van der Waals surface area contributed by atoms with Crippen molar-refractivity contribution in [2.24, 2.45) is 0 Å². The zero-order chi connectivity index (χ0) is 13.0. The summed E-state index contributed by atoms with van der Waals surface area (Å²) in [6.45, 7) is 1.19. The van der Waals surface area contributed by atoms with Crippen LogP contribution in [0.1, 0.15) is 19.3 Å². The van der Waals surface area contributed by atoms with Crippen LogP contribution < -0.4 is 4.74 Å². The number of hydrogen-bond acceptors (Lipinski definition) is 4. The van der Waals surface area contributed by atoms with Gasteiger partial charge in [-0.3, -0.25) is 10.1 Å². The summed E-state index contributed by atoms with van der Waals surface area (Å²) in [4.78, 5) is 10.1. The van der Waals surface area contributed by atoms with Crippen LogP contribution in [0.15, 0.2) is 18.2 Å². The van der Waals surface area contributed by atoms with Gasteiger partial charge in [0, 0.05) is 18.7 Å². The standard InChI is InChI=1S/C12H14ClNO4/c13-11-7-9(14(15)16)4-5-12(11)18-8-10-3-1-2-6-17-10/h4-5,7,10H,1-3,6,8H2. The van der Waals surface area contributed by atoms with E-state index in [2.05, 4.69) is 0 Å². The van der Waals surface area contributed by atoms with Crippen molar-refractivity contribution in [3.05, 3.63) is 33.3 Å². The molecule has 0 saturated carbocycles. The van der Waals surface area contributed by atoms with Gasteiger partial charge >= 0.3 is 0 Å². The fraction of sp³-hybridized carbons (Fsp3) is 0.500. The molecule has 0 aliphatic carbocycles. The van der Waals surface area contributed by atoms with Crippen LogP contribution in [0.3, 0.4) is 0 Å². The summed E-state index contributed by atoms with van der Waals surface area (Å²) in [7, 11) is 0. The van der Waals surface area contributed by atoms with Crippen molar-refractivity contribution in [3.63, 3.8) is 0 Å². The van der Waals surface area contributed by atoms with Gasteiger partial charge in [0.15, 0.2) is 0 Å². The molecule has 1 heterocycles. The van der Waals surface area contributed by atoms with E-state index in [0.717, 1.165) is 25.9 Å². The molecule has 0 radical (unpaired) electrons. The van der Waals surface area contributed by atoms with Gasteiger partial charge in [0.1, 0.15) is 12.4 Å². The van der Waals surface area contributed by atoms with E-state index in [1.807, 2.05) is 0 Å². The average Bonchev–Trinajstić information content (AvgIpc) is 2.38. The van der Waals surface area contributed by atoms with E-state index in [4.69, 9.17) is 21.1 Å². The van der Waals surface area contributed by atoms with Crippen molar-refractivity contribution in [1.82, 2.24) is 0 Å². The van der Waals surface area contributed by atoms with Gasteiger partial charge in [-0.1, -0.05) is 11.6 Å². The SMILES string of the molecule is O=[N+]([O-])c1ccc(OCC2CCCCO2)c(Cl)c1. The Kier molecular flexibility index (Phi) is 4.38. The van der Waals surface area contributed by atoms with Gasteiger partial charge in [0.2, 0.25) is 0 Å². The Labute approximate surface area is 110 Å². The van der Waals surface area contributed by atoms with Gasteiger partial charge in [-0.05, 0) is 25.3 Å². The fourth-order valence-electron chi connectivity index (χ4n) is 1.84. The quantitative estimate of drug-likeness (QED) is 0.623. The molecule has 1 aliphatic rings. The van der Waals surface area contributed by atoms with Crippen LogP contribution in [0.25, 0.3) is 0 Å². The highest BCUT2D eigenvalue weighted by molar-refractivity contribution is 6.32. The van der Waals surface area contributed by atoms with Gasteiger partial charge < -0.3 is 9.47 Å². The lowest BCUT2D eigenvalue weighted by molar-refractivity contribution is -0.384. The molecule has 1 unspecified atom stereocenters. The molecule has 6 heteroatoms. The molecule has 0 amide bonds. The molecule has 18 heavy (non-hydrogen) atoms. The third-order valence-electron chi connectivity index (χ3n) is 2.83. The first-order valence-electron chi connectivity index (χ1n) is 5.85. The number of benzene rings is 1. The maximum absolute atomic E-state index is 10.6. The lowest BCUT2D eigenvalue weighted by Crippen LogP contribution is -2.25. The van der Waals surface area contributed by atoms with Crippen molar-refractivity contribution in [1.29, 1.82) is 0 Å². The highest BCUT2D eigenvalue weighted by Gasteiger charge is 2.16. The zero-order valence-electron chi connectivity index (χ0n) is 9.80. The molecule has 5 nitrogen and oxygen atoms in total. The lowest BCUT2D eigenvalue weighted by atomic mass is 10.1. The van der Waals surface area contributed by atoms with Gasteiger partial charge in [0.25, 0.3) is 5.69 Å². The van der Waals surface area contributed by atoms with Crippen LogP contribution >= 0.6 is 11.6 Å². The number of rotatable bonds is 4. The summed E-state index contributed by atoms with van der Waals surface area (Å²) < 4.78 is 11.1. The first kappa shape index (κ1) is 13.1. The third kappa shape index (κ3) is 3.34. The second kappa shape index (κ2) is 6.02. The van der Waals surface area contributed by atoms with Crippen molar-refractivity contribution in [2.75, 3.05) is 13.2 Å². The van der Waals surface area contributed by atoms with Crippen LogP contribution in [0.4, 0.5) is 5.69 Å². The molecule has 98 valence electrons. The molecule has 0 spiro atoms. The van der Waals surface area contributed by atoms with Crippen LogP contribution in [0.5, 0.6) is 5.75 Å². The minimum Gasteiger partial charge on any atom is -0.489 e. The number of non-ortho nitro benzene ring substituents is 1.